The molecule has 0 aliphatic carbocycles. The summed E-state index contributed by atoms with van der Waals surface area (Å²) in [6, 6.07) is 16.3. The van der Waals surface area contributed by atoms with Gasteiger partial charge in [-0.15, -0.1) is 0 Å². The minimum absolute atomic E-state index is 0.168. The second-order valence-electron chi connectivity index (χ2n) is 5.76. The Morgan fingerprint density at radius 3 is 2.38 bits per heavy atom. The summed E-state index contributed by atoms with van der Waals surface area (Å²) in [5.41, 5.74) is 3.32. The van der Waals surface area contributed by atoms with Gasteiger partial charge in [0.25, 0.3) is 0 Å². The summed E-state index contributed by atoms with van der Waals surface area (Å²) in [5.74, 6) is 0.406. The van der Waals surface area contributed by atoms with Gasteiger partial charge in [0.05, 0.1) is 17.6 Å². The second kappa shape index (κ2) is 6.98. The first-order valence-electron chi connectivity index (χ1n) is 7.77. The van der Waals surface area contributed by atoms with Crippen LogP contribution in [0.4, 0.5) is 0 Å². The maximum atomic E-state index is 12.1. The van der Waals surface area contributed by atoms with Crippen LogP contribution in [0.2, 0.25) is 0 Å². The topological polar surface area (TPSA) is 80.1 Å². The van der Waals surface area contributed by atoms with Crippen LogP contribution >= 0.6 is 0 Å². The van der Waals surface area contributed by atoms with Crippen molar-refractivity contribution in [3.8, 4) is 34.1 Å². The fourth-order valence-electron chi connectivity index (χ4n) is 2.75. The molecule has 0 aliphatic rings. The van der Waals surface area contributed by atoms with E-state index < -0.39 is 9.84 Å². The number of ether oxygens (including phenoxy) is 1. The highest BCUT2D eigenvalue weighted by molar-refractivity contribution is 7.90. The molecule has 0 aliphatic heterocycles. The molecule has 3 rings (SSSR count). The molecule has 5 nitrogen and oxygen atoms in total. The molecule has 0 unspecified atom stereocenters. The molecule has 0 N–H and O–H groups in total. The molecule has 6 heteroatoms. The number of methoxy groups -OCH3 is 1. The fraction of sp³-hybridized carbons (Fsp3) is 0.100. The van der Waals surface area contributed by atoms with Crippen molar-refractivity contribution in [1.29, 1.82) is 5.26 Å². The average molecular weight is 364 g/mol. The first kappa shape index (κ1) is 17.6. The van der Waals surface area contributed by atoms with Gasteiger partial charge in [0.2, 0.25) is 0 Å². The Hall–Kier alpha value is -3.17. The molecule has 0 atom stereocenters. The van der Waals surface area contributed by atoms with E-state index in [4.69, 9.17) is 4.74 Å². The summed E-state index contributed by atoms with van der Waals surface area (Å²) in [4.78, 5) is 4.28. The number of aromatic nitrogens is 1. The lowest BCUT2D eigenvalue weighted by molar-refractivity contribution is 0.415. The highest BCUT2D eigenvalue weighted by atomic mass is 32.2. The third-order valence-electron chi connectivity index (χ3n) is 3.96. The number of rotatable bonds is 4. The van der Waals surface area contributed by atoms with Crippen molar-refractivity contribution in [2.75, 3.05) is 13.4 Å². The van der Waals surface area contributed by atoms with E-state index in [0.717, 1.165) is 11.8 Å². The molecule has 1 aromatic heterocycles. The van der Waals surface area contributed by atoms with Crippen molar-refractivity contribution in [3.63, 3.8) is 0 Å². The van der Waals surface area contributed by atoms with Crippen LogP contribution in [0, 0.1) is 11.3 Å². The quantitative estimate of drug-likeness (QED) is 0.705. The minimum Gasteiger partial charge on any atom is -0.496 e. The molecule has 0 radical (unpaired) electrons. The molecule has 0 saturated heterocycles. The SMILES string of the molecule is COc1cc(S(C)(=O)=O)cc(-c2ccccc2)c1-c1cncc(C#N)c1. The van der Waals surface area contributed by atoms with Gasteiger partial charge in [-0.05, 0) is 29.3 Å². The third kappa shape index (κ3) is 3.44. The van der Waals surface area contributed by atoms with Gasteiger partial charge < -0.3 is 4.74 Å². The van der Waals surface area contributed by atoms with E-state index in [-0.39, 0.29) is 4.90 Å². The van der Waals surface area contributed by atoms with E-state index in [0.29, 0.717) is 28.0 Å². The highest BCUT2D eigenvalue weighted by Crippen LogP contribution is 2.41. The molecule has 2 aromatic carbocycles. The number of hydrogen-bond acceptors (Lipinski definition) is 5. The van der Waals surface area contributed by atoms with Crippen LogP contribution in [0.15, 0.2) is 65.8 Å². The van der Waals surface area contributed by atoms with Crippen LogP contribution in [0.3, 0.4) is 0 Å². The Balaban J connectivity index is 2.40. The van der Waals surface area contributed by atoms with Crippen molar-refractivity contribution in [2.24, 2.45) is 0 Å². The van der Waals surface area contributed by atoms with Gasteiger partial charge in [-0.1, -0.05) is 30.3 Å². The van der Waals surface area contributed by atoms with E-state index >= 15 is 0 Å². The number of hydrogen-bond donors (Lipinski definition) is 0. The second-order valence-corrected chi connectivity index (χ2v) is 7.78. The van der Waals surface area contributed by atoms with Gasteiger partial charge in [0.1, 0.15) is 11.8 Å². The zero-order valence-electron chi connectivity index (χ0n) is 14.3. The molecular weight excluding hydrogens is 348 g/mol. The number of nitriles is 1. The van der Waals surface area contributed by atoms with Crippen molar-refractivity contribution in [2.45, 2.75) is 4.90 Å². The lowest BCUT2D eigenvalue weighted by Crippen LogP contribution is -2.01. The van der Waals surface area contributed by atoms with Gasteiger partial charge in [0.15, 0.2) is 9.84 Å². The van der Waals surface area contributed by atoms with E-state index in [1.165, 1.54) is 19.4 Å². The Morgan fingerprint density at radius 2 is 1.77 bits per heavy atom. The lowest BCUT2D eigenvalue weighted by Gasteiger charge is -2.16. The summed E-state index contributed by atoms with van der Waals surface area (Å²) in [6.07, 6.45) is 4.27. The van der Waals surface area contributed by atoms with Crippen molar-refractivity contribution < 1.29 is 13.2 Å². The molecule has 0 amide bonds. The highest BCUT2D eigenvalue weighted by Gasteiger charge is 2.19. The van der Waals surface area contributed by atoms with Gasteiger partial charge >= 0.3 is 0 Å². The monoisotopic (exact) mass is 364 g/mol. The number of pyridine rings is 1. The van der Waals surface area contributed by atoms with Crippen molar-refractivity contribution in [3.05, 3.63) is 66.5 Å². The Morgan fingerprint density at radius 1 is 1.04 bits per heavy atom. The van der Waals surface area contributed by atoms with Gasteiger partial charge in [-0.25, -0.2) is 8.42 Å². The van der Waals surface area contributed by atoms with Gasteiger partial charge in [0, 0.05) is 29.8 Å². The zero-order valence-corrected chi connectivity index (χ0v) is 15.1. The summed E-state index contributed by atoms with van der Waals surface area (Å²) in [5, 5.41) is 9.17. The molecule has 1 heterocycles. The van der Waals surface area contributed by atoms with E-state index in [1.54, 1.807) is 18.3 Å². The largest absolute Gasteiger partial charge is 0.496 e. The third-order valence-corrected chi connectivity index (χ3v) is 5.06. The standard InChI is InChI=1S/C20H16N2O3S/c1-25-19-10-17(26(2,23)24)9-18(15-6-4-3-5-7-15)20(19)16-8-14(11-21)12-22-13-16/h3-10,12-13H,1-2H3. The van der Waals surface area contributed by atoms with Crippen LogP contribution in [-0.2, 0) is 9.84 Å². The van der Waals surface area contributed by atoms with E-state index in [1.807, 2.05) is 30.3 Å². The van der Waals surface area contributed by atoms with Gasteiger partial charge in [-0.3, -0.25) is 4.98 Å². The Labute approximate surface area is 152 Å². The smallest absolute Gasteiger partial charge is 0.175 e. The first-order chi connectivity index (χ1) is 12.4. The van der Waals surface area contributed by atoms with E-state index in [2.05, 4.69) is 11.1 Å². The normalized spacial score (nSPS) is 11.0. The van der Waals surface area contributed by atoms with Gasteiger partial charge in [-0.2, -0.15) is 5.26 Å². The fourth-order valence-corrected chi connectivity index (χ4v) is 3.40. The molecule has 0 spiro atoms. The predicted molar refractivity (Wildman–Crippen MR) is 99.5 cm³/mol. The van der Waals surface area contributed by atoms with Crippen LogP contribution in [0.1, 0.15) is 5.56 Å². The van der Waals surface area contributed by atoms with E-state index in [9.17, 15) is 13.7 Å². The molecule has 0 bridgehead atoms. The summed E-state index contributed by atoms with van der Waals surface area (Å²) < 4.78 is 29.7. The summed E-state index contributed by atoms with van der Waals surface area (Å²) in [6.45, 7) is 0. The molecular formula is C20H16N2O3S. The zero-order chi connectivity index (χ0) is 18.7. The van der Waals surface area contributed by atoms with Crippen LogP contribution < -0.4 is 4.74 Å². The first-order valence-corrected chi connectivity index (χ1v) is 9.66. The predicted octanol–water partition coefficient (Wildman–Crippen LogP) is 3.70. The number of benzene rings is 2. The molecule has 130 valence electrons. The molecule has 3 aromatic rings. The summed E-state index contributed by atoms with van der Waals surface area (Å²) in [7, 11) is -1.94. The number of sulfone groups is 1. The maximum Gasteiger partial charge on any atom is 0.175 e. The van der Waals surface area contributed by atoms with Crippen LogP contribution in [-0.4, -0.2) is 26.8 Å². The summed E-state index contributed by atoms with van der Waals surface area (Å²) >= 11 is 0. The Kier molecular flexibility index (Phi) is 4.74. The minimum atomic E-state index is -3.43. The maximum absolute atomic E-state index is 12.1. The molecule has 0 fully saturated rings. The average Bonchev–Trinajstić information content (AvgIpc) is 2.67. The van der Waals surface area contributed by atoms with Crippen LogP contribution in [0.25, 0.3) is 22.3 Å². The lowest BCUT2D eigenvalue weighted by atomic mass is 9.94. The van der Waals surface area contributed by atoms with Crippen LogP contribution in [0.5, 0.6) is 5.75 Å². The number of nitrogens with zero attached hydrogens (tertiary/aromatic N) is 2. The van der Waals surface area contributed by atoms with Crippen molar-refractivity contribution >= 4 is 9.84 Å². The van der Waals surface area contributed by atoms with Crippen molar-refractivity contribution in [1.82, 2.24) is 4.98 Å². The molecule has 26 heavy (non-hydrogen) atoms. The Bertz CT molecular complexity index is 1100. The molecule has 0 saturated carbocycles.